The molecule has 3 aromatic rings. The number of piperidine rings is 1. The van der Waals surface area contributed by atoms with Gasteiger partial charge in [-0.2, -0.15) is 4.98 Å². The summed E-state index contributed by atoms with van der Waals surface area (Å²) in [5.74, 6) is 1.75. The molecule has 28 heavy (non-hydrogen) atoms. The molecular weight excluding hydrogens is 346 g/mol. The summed E-state index contributed by atoms with van der Waals surface area (Å²) in [7, 11) is 0. The monoisotopic (exact) mass is 375 g/mol. The normalized spacial score (nSPS) is 17.1. The third-order valence-electron chi connectivity index (χ3n) is 5.52. The summed E-state index contributed by atoms with van der Waals surface area (Å²) in [6.45, 7) is 5.56. The zero-order valence-electron chi connectivity index (χ0n) is 16.9. The lowest BCUT2D eigenvalue weighted by Gasteiger charge is -2.36. The topological polar surface area (TPSA) is 53.9 Å². The Bertz CT molecular complexity index is 939. The predicted octanol–water partition coefficient (Wildman–Crippen LogP) is 5.49. The van der Waals surface area contributed by atoms with E-state index in [1.807, 2.05) is 24.4 Å². The van der Waals surface area contributed by atoms with Crippen molar-refractivity contribution in [1.82, 2.24) is 15.0 Å². The van der Waals surface area contributed by atoms with Gasteiger partial charge < -0.3 is 10.2 Å². The summed E-state index contributed by atoms with van der Waals surface area (Å²) in [5, 5.41) is 4.54. The Labute approximate surface area is 167 Å². The van der Waals surface area contributed by atoms with E-state index in [0.29, 0.717) is 12.0 Å². The van der Waals surface area contributed by atoms with Crippen molar-refractivity contribution in [1.29, 1.82) is 0 Å². The van der Waals surface area contributed by atoms with E-state index in [-0.39, 0.29) is 0 Å². The van der Waals surface area contributed by atoms with E-state index >= 15 is 0 Å². The summed E-state index contributed by atoms with van der Waals surface area (Å²) < 4.78 is 0. The molecule has 146 valence electrons. The van der Waals surface area contributed by atoms with Crippen molar-refractivity contribution in [3.63, 3.8) is 0 Å². The fraction of sp³-hybridized carbons (Fsp3) is 0.435. The fourth-order valence-corrected chi connectivity index (χ4v) is 4.08. The van der Waals surface area contributed by atoms with Crippen LogP contribution in [0, 0.1) is 0 Å². The number of anilines is 3. The Morgan fingerprint density at radius 2 is 2.04 bits per heavy atom. The second kappa shape index (κ2) is 8.55. The van der Waals surface area contributed by atoms with E-state index in [9.17, 15) is 0 Å². The van der Waals surface area contributed by atoms with Crippen molar-refractivity contribution in [3.05, 3.63) is 48.3 Å². The molecule has 4 rings (SSSR count). The van der Waals surface area contributed by atoms with E-state index in [2.05, 4.69) is 47.2 Å². The lowest BCUT2D eigenvalue weighted by molar-refractivity contribution is 0.446. The molecule has 1 N–H and O–H groups in total. The highest BCUT2D eigenvalue weighted by molar-refractivity contribution is 5.82. The lowest BCUT2D eigenvalue weighted by Crippen LogP contribution is -2.39. The molecule has 1 unspecified atom stereocenters. The first-order chi connectivity index (χ1) is 13.8. The highest BCUT2D eigenvalue weighted by atomic mass is 15.2. The van der Waals surface area contributed by atoms with Gasteiger partial charge in [0.05, 0.1) is 5.52 Å². The minimum absolute atomic E-state index is 0.581. The van der Waals surface area contributed by atoms with Crippen LogP contribution >= 0.6 is 0 Å². The average Bonchev–Trinajstić information content (AvgIpc) is 2.73. The smallest absolute Gasteiger partial charge is 0.229 e. The van der Waals surface area contributed by atoms with E-state index in [0.717, 1.165) is 53.9 Å². The number of nitrogens with zero attached hydrogens (tertiary/aromatic N) is 4. The lowest BCUT2D eigenvalue weighted by atomic mass is 10.00. The van der Waals surface area contributed by atoms with Gasteiger partial charge in [-0.25, -0.2) is 4.98 Å². The zero-order valence-corrected chi connectivity index (χ0v) is 16.9. The molecular formula is C23H29N5. The number of nitrogens with one attached hydrogen (secondary N) is 1. The number of pyridine rings is 1. The minimum Gasteiger partial charge on any atom is -0.353 e. The molecule has 1 fully saturated rings. The largest absolute Gasteiger partial charge is 0.353 e. The van der Waals surface area contributed by atoms with Crippen molar-refractivity contribution < 1.29 is 0 Å². The molecule has 1 aliphatic heterocycles. The van der Waals surface area contributed by atoms with Crippen molar-refractivity contribution in [3.8, 4) is 0 Å². The molecule has 0 spiro atoms. The quantitative estimate of drug-likeness (QED) is 0.617. The highest BCUT2D eigenvalue weighted by Crippen LogP contribution is 2.27. The Balaban J connectivity index is 1.66. The molecule has 1 atom stereocenters. The molecule has 0 amide bonds. The summed E-state index contributed by atoms with van der Waals surface area (Å²) in [6.07, 6.45) is 8.84. The van der Waals surface area contributed by atoms with Crippen LogP contribution in [-0.4, -0.2) is 27.5 Å². The molecule has 0 aliphatic carbocycles. The van der Waals surface area contributed by atoms with Crippen molar-refractivity contribution >= 4 is 28.4 Å². The second-order valence-corrected chi connectivity index (χ2v) is 7.58. The van der Waals surface area contributed by atoms with Gasteiger partial charge in [-0.1, -0.05) is 26.3 Å². The van der Waals surface area contributed by atoms with Crippen LogP contribution < -0.4 is 10.2 Å². The first-order valence-corrected chi connectivity index (χ1v) is 10.5. The number of benzene rings is 1. The van der Waals surface area contributed by atoms with Crippen LogP contribution in [0.2, 0.25) is 0 Å². The Morgan fingerprint density at radius 3 is 2.89 bits per heavy atom. The minimum atomic E-state index is 0.581. The first-order valence-electron chi connectivity index (χ1n) is 10.5. The molecule has 2 aromatic heterocycles. The predicted molar refractivity (Wildman–Crippen MR) is 116 cm³/mol. The number of hydrogen-bond donors (Lipinski definition) is 1. The van der Waals surface area contributed by atoms with Gasteiger partial charge in [0.15, 0.2) is 0 Å². The molecule has 0 radical (unpaired) electrons. The van der Waals surface area contributed by atoms with E-state index in [4.69, 9.17) is 9.97 Å². The number of fused-ring (bicyclic) bond motifs is 1. The van der Waals surface area contributed by atoms with Gasteiger partial charge >= 0.3 is 0 Å². The highest BCUT2D eigenvalue weighted by Gasteiger charge is 2.23. The maximum atomic E-state index is 4.90. The first kappa shape index (κ1) is 18.7. The molecule has 1 saturated heterocycles. The SMILES string of the molecule is CCCc1cc(N2CCCCC2CC)nc(Nc2ccc3ncccc3c2)n1. The second-order valence-electron chi connectivity index (χ2n) is 7.58. The van der Waals surface area contributed by atoms with E-state index in [1.165, 1.54) is 19.3 Å². The Kier molecular flexibility index (Phi) is 5.70. The third kappa shape index (κ3) is 4.08. The van der Waals surface area contributed by atoms with Crippen LogP contribution in [0.1, 0.15) is 51.6 Å². The van der Waals surface area contributed by atoms with Gasteiger partial charge in [-0.3, -0.25) is 4.98 Å². The number of aromatic nitrogens is 3. The summed E-state index contributed by atoms with van der Waals surface area (Å²) in [6, 6.07) is 13.0. The fourth-order valence-electron chi connectivity index (χ4n) is 4.08. The van der Waals surface area contributed by atoms with Gasteiger partial charge in [0.2, 0.25) is 5.95 Å². The summed E-state index contributed by atoms with van der Waals surface area (Å²) in [5.41, 5.74) is 3.09. The van der Waals surface area contributed by atoms with Gasteiger partial charge in [-0.05, 0) is 56.4 Å². The van der Waals surface area contributed by atoms with Crippen molar-refractivity contribution in [2.75, 3.05) is 16.8 Å². The van der Waals surface area contributed by atoms with E-state index < -0.39 is 0 Å². The van der Waals surface area contributed by atoms with Crippen LogP contribution in [0.4, 0.5) is 17.5 Å². The van der Waals surface area contributed by atoms with Crippen LogP contribution in [0.3, 0.4) is 0 Å². The van der Waals surface area contributed by atoms with Gasteiger partial charge in [-0.15, -0.1) is 0 Å². The molecule has 3 heterocycles. The molecule has 1 aromatic carbocycles. The van der Waals surface area contributed by atoms with Crippen LogP contribution in [0.5, 0.6) is 0 Å². The number of hydrogen-bond acceptors (Lipinski definition) is 5. The summed E-state index contributed by atoms with van der Waals surface area (Å²) >= 11 is 0. The standard InChI is InChI=1S/C23H29N5/c1-3-8-18-16-22(28-14-6-5-10-20(28)4-2)27-23(25-18)26-19-11-12-21-17(15-19)9-7-13-24-21/h7,9,11-13,15-16,20H,3-6,8,10,14H2,1-2H3,(H,25,26,27). The number of rotatable bonds is 6. The molecule has 0 saturated carbocycles. The maximum Gasteiger partial charge on any atom is 0.229 e. The van der Waals surface area contributed by atoms with Gasteiger partial charge in [0.1, 0.15) is 5.82 Å². The van der Waals surface area contributed by atoms with Crippen molar-refractivity contribution in [2.45, 2.75) is 58.4 Å². The average molecular weight is 376 g/mol. The molecule has 5 nitrogen and oxygen atoms in total. The maximum absolute atomic E-state index is 4.90. The van der Waals surface area contributed by atoms with Crippen LogP contribution in [0.15, 0.2) is 42.6 Å². The van der Waals surface area contributed by atoms with E-state index in [1.54, 1.807) is 0 Å². The van der Waals surface area contributed by atoms with Gasteiger partial charge in [0.25, 0.3) is 0 Å². The molecule has 1 aliphatic rings. The third-order valence-corrected chi connectivity index (χ3v) is 5.52. The molecule has 5 heteroatoms. The summed E-state index contributed by atoms with van der Waals surface area (Å²) in [4.78, 5) is 16.6. The van der Waals surface area contributed by atoms with Crippen molar-refractivity contribution in [2.24, 2.45) is 0 Å². The Morgan fingerprint density at radius 1 is 1.11 bits per heavy atom. The number of aryl methyl sites for hydroxylation is 1. The Hall–Kier alpha value is -2.69. The van der Waals surface area contributed by atoms with Crippen LogP contribution in [-0.2, 0) is 6.42 Å². The van der Waals surface area contributed by atoms with Crippen LogP contribution in [0.25, 0.3) is 10.9 Å². The molecule has 0 bridgehead atoms. The zero-order chi connectivity index (χ0) is 19.3. The van der Waals surface area contributed by atoms with Gasteiger partial charge in [0, 0.05) is 41.6 Å².